The Kier molecular flexibility index (Phi) is 13.7. The fraction of sp³-hybridized carbons (Fsp3) is 0.308. The number of H-pyrrole nitrogens is 2. The van der Waals surface area contributed by atoms with Crippen molar-refractivity contribution in [2.45, 2.75) is 157 Å². The van der Waals surface area contributed by atoms with Crippen LogP contribution in [0.15, 0.2) is 133 Å². The van der Waals surface area contributed by atoms with E-state index < -0.39 is 0 Å². The van der Waals surface area contributed by atoms with Crippen LogP contribution in [0.5, 0.6) is 0 Å². The molecule has 7 aromatic carbocycles. The van der Waals surface area contributed by atoms with E-state index in [-0.39, 0.29) is 21.7 Å². The van der Waals surface area contributed by atoms with Gasteiger partial charge in [0.2, 0.25) is 0 Å². The molecule has 414 valence electrons. The third-order valence-corrected chi connectivity index (χ3v) is 17.6. The first-order valence-corrected chi connectivity index (χ1v) is 30.3. The quantitative estimate of drug-likeness (QED) is 0.134. The number of aryl methyl sites for hydroxylation is 2. The first kappa shape index (κ1) is 54.8. The molecule has 0 spiro atoms. The van der Waals surface area contributed by atoms with Gasteiger partial charge in [-0.3, -0.25) is 0 Å². The maximum absolute atomic E-state index is 5.96. The molecule has 0 fully saturated rings. The second kappa shape index (κ2) is 20.6. The fourth-order valence-electron chi connectivity index (χ4n) is 12.7. The van der Waals surface area contributed by atoms with Gasteiger partial charge in [0.1, 0.15) is 0 Å². The van der Waals surface area contributed by atoms with Gasteiger partial charge in [-0.05, 0) is 190 Å². The Hall–Kier alpha value is -7.82. The molecular formula is C78H82N4. The number of aromatic nitrogens is 4. The van der Waals surface area contributed by atoms with E-state index in [9.17, 15) is 0 Å². The van der Waals surface area contributed by atoms with E-state index in [1.807, 2.05) is 0 Å². The van der Waals surface area contributed by atoms with Gasteiger partial charge in [0.25, 0.3) is 0 Å². The summed E-state index contributed by atoms with van der Waals surface area (Å²) < 4.78 is 0. The van der Waals surface area contributed by atoms with Crippen LogP contribution in [-0.2, 0) is 34.5 Å². The van der Waals surface area contributed by atoms with Crippen molar-refractivity contribution in [2.75, 3.05) is 0 Å². The van der Waals surface area contributed by atoms with E-state index in [1.165, 1.54) is 77.7 Å². The molecule has 12 rings (SSSR count). The summed E-state index contributed by atoms with van der Waals surface area (Å²) in [6.07, 6.45) is 15.6. The minimum atomic E-state index is -0.0956. The van der Waals surface area contributed by atoms with Crippen LogP contribution in [0.2, 0.25) is 0 Å². The van der Waals surface area contributed by atoms with Crippen molar-refractivity contribution >= 4 is 78.7 Å². The summed E-state index contributed by atoms with van der Waals surface area (Å²) in [7, 11) is 0. The standard InChI is InChI=1S/C78H82N4/c1-15-17-22-47-26-27-49-28-29-59-60(44-50(23-18-16-2)58-31-30-57(47)69(49)73(58)59)74-67-38-36-65(81-67)71(51-40-53(75(3,4)5)45-54(41-51)76(6,7)8)63-34-32-61(79-63)70(48-24-20-19-21-25-48)62-33-35-64(80-62)72(66-37-39-68(74)82-66)52-42-55(77(9,10)11)46-56(43-52)78(12,13)14/h19-21,24-46,79,82H,15-18,22-23H2,1-14H3. The normalized spacial score (nSPS) is 13.2. The number of aromatic amines is 2. The molecule has 0 saturated heterocycles. The number of rotatable bonds is 10. The molecule has 4 heteroatoms. The van der Waals surface area contributed by atoms with Gasteiger partial charge in [0.15, 0.2) is 0 Å². The first-order valence-electron chi connectivity index (χ1n) is 30.3. The number of fused-ring (bicyclic) bond motifs is 8. The average Bonchev–Trinajstić information content (AvgIpc) is 1.29. The predicted octanol–water partition coefficient (Wildman–Crippen LogP) is 22.1. The Morgan fingerprint density at radius 1 is 0.354 bits per heavy atom. The second-order valence-electron chi connectivity index (χ2n) is 27.7. The van der Waals surface area contributed by atoms with Crippen LogP contribution < -0.4 is 0 Å². The van der Waals surface area contributed by atoms with Crippen molar-refractivity contribution in [2.24, 2.45) is 0 Å². The largest absolute Gasteiger partial charge is 0.354 e. The molecule has 3 aromatic heterocycles. The van der Waals surface area contributed by atoms with Gasteiger partial charge in [0, 0.05) is 44.3 Å². The minimum Gasteiger partial charge on any atom is -0.354 e. The molecule has 0 radical (unpaired) electrons. The molecular weight excluding hydrogens is 993 g/mol. The zero-order valence-electron chi connectivity index (χ0n) is 51.1. The number of hydrogen-bond acceptors (Lipinski definition) is 2. The summed E-state index contributed by atoms with van der Waals surface area (Å²) >= 11 is 0. The van der Waals surface area contributed by atoms with Gasteiger partial charge in [-0.15, -0.1) is 0 Å². The van der Waals surface area contributed by atoms with Crippen LogP contribution in [0.4, 0.5) is 0 Å². The minimum absolute atomic E-state index is 0.0956. The lowest BCUT2D eigenvalue weighted by molar-refractivity contribution is 0.568. The summed E-state index contributed by atoms with van der Waals surface area (Å²) in [5.74, 6) is 0. The van der Waals surface area contributed by atoms with E-state index in [0.717, 1.165) is 116 Å². The number of nitrogens with one attached hydrogen (secondary N) is 2. The number of hydrogen-bond donors (Lipinski definition) is 2. The maximum atomic E-state index is 5.96. The summed E-state index contributed by atoms with van der Waals surface area (Å²) in [4.78, 5) is 20.0. The fourth-order valence-corrected chi connectivity index (χ4v) is 12.7. The van der Waals surface area contributed by atoms with Gasteiger partial charge in [0.05, 0.1) is 22.8 Å². The first-order chi connectivity index (χ1) is 39.1. The summed E-state index contributed by atoms with van der Waals surface area (Å²) in [6, 6.07) is 51.3. The molecule has 2 N–H and O–H groups in total. The molecule has 0 unspecified atom stereocenters. The molecule has 8 bridgehead atoms. The van der Waals surface area contributed by atoms with Crippen molar-refractivity contribution in [3.8, 4) is 44.5 Å². The molecule has 82 heavy (non-hydrogen) atoms. The summed E-state index contributed by atoms with van der Waals surface area (Å²) in [5, 5.41) is 8.01. The Labute approximate surface area is 487 Å². The number of unbranched alkanes of at least 4 members (excludes halogenated alkanes) is 2. The monoisotopic (exact) mass is 1070 g/mol. The molecule has 2 aliphatic heterocycles. The number of benzene rings is 7. The summed E-state index contributed by atoms with van der Waals surface area (Å²) in [6.45, 7) is 32.5. The average molecular weight is 1080 g/mol. The molecule has 0 amide bonds. The highest BCUT2D eigenvalue weighted by Gasteiger charge is 2.27. The lowest BCUT2D eigenvalue weighted by Gasteiger charge is -2.26. The molecule has 0 atom stereocenters. The highest BCUT2D eigenvalue weighted by molar-refractivity contribution is 6.27. The van der Waals surface area contributed by atoms with E-state index >= 15 is 0 Å². The second-order valence-corrected chi connectivity index (χ2v) is 27.7. The highest BCUT2D eigenvalue weighted by Crippen LogP contribution is 2.47. The van der Waals surface area contributed by atoms with Crippen LogP contribution in [0.25, 0.3) is 123 Å². The maximum Gasteiger partial charge on any atom is 0.0737 e. The Morgan fingerprint density at radius 2 is 0.744 bits per heavy atom. The van der Waals surface area contributed by atoms with Crippen molar-refractivity contribution in [3.63, 3.8) is 0 Å². The molecule has 2 aliphatic rings. The van der Waals surface area contributed by atoms with Crippen LogP contribution in [0.1, 0.15) is 179 Å². The van der Waals surface area contributed by atoms with E-state index in [2.05, 4.69) is 265 Å². The van der Waals surface area contributed by atoms with Crippen LogP contribution in [0.3, 0.4) is 0 Å². The Bertz CT molecular complexity index is 4230. The van der Waals surface area contributed by atoms with Gasteiger partial charge < -0.3 is 9.97 Å². The lowest BCUT2D eigenvalue weighted by Crippen LogP contribution is -2.16. The van der Waals surface area contributed by atoms with E-state index in [1.54, 1.807) is 0 Å². The van der Waals surface area contributed by atoms with Crippen molar-refractivity contribution in [3.05, 3.63) is 190 Å². The van der Waals surface area contributed by atoms with Crippen LogP contribution in [0, 0.1) is 0 Å². The molecule has 5 heterocycles. The molecule has 0 saturated carbocycles. The number of nitrogens with zero attached hydrogens (tertiary/aromatic N) is 2. The topological polar surface area (TPSA) is 57.4 Å². The third-order valence-electron chi connectivity index (χ3n) is 17.6. The van der Waals surface area contributed by atoms with Crippen LogP contribution >= 0.6 is 0 Å². The lowest BCUT2D eigenvalue weighted by atomic mass is 9.78. The van der Waals surface area contributed by atoms with E-state index in [0.29, 0.717) is 0 Å². The van der Waals surface area contributed by atoms with Crippen molar-refractivity contribution in [1.82, 2.24) is 19.9 Å². The smallest absolute Gasteiger partial charge is 0.0737 e. The zero-order valence-corrected chi connectivity index (χ0v) is 51.1. The van der Waals surface area contributed by atoms with Gasteiger partial charge in [-0.1, -0.05) is 213 Å². The van der Waals surface area contributed by atoms with Gasteiger partial charge >= 0.3 is 0 Å². The van der Waals surface area contributed by atoms with Crippen molar-refractivity contribution < 1.29 is 0 Å². The van der Waals surface area contributed by atoms with E-state index in [4.69, 9.17) is 9.97 Å². The molecule has 10 aromatic rings. The predicted molar refractivity (Wildman–Crippen MR) is 356 cm³/mol. The SMILES string of the molecule is CCCCc1ccc2ccc3c(-c4c5nc(c(-c6cc(C(C)(C)C)cc(C(C)(C)C)c6)c6ccc([nH]6)c(-c6ccccc6)c6nc(c(-c7cc(C(C)(C)C)cc(C(C)(C)C)c7)c7ccc4[nH]7)C=C6)C=C5)cc(CCCC)c4ccc1c2c43. The van der Waals surface area contributed by atoms with Crippen molar-refractivity contribution in [1.29, 1.82) is 0 Å². The van der Waals surface area contributed by atoms with Gasteiger partial charge in [-0.2, -0.15) is 0 Å². The third kappa shape index (κ3) is 10.0. The van der Waals surface area contributed by atoms with Gasteiger partial charge in [-0.25, -0.2) is 9.97 Å². The Morgan fingerprint density at radius 3 is 1.20 bits per heavy atom. The zero-order chi connectivity index (χ0) is 57.6. The molecule has 0 aliphatic carbocycles. The highest BCUT2D eigenvalue weighted by atomic mass is 14.8. The molecule has 4 nitrogen and oxygen atoms in total. The summed E-state index contributed by atoms with van der Waals surface area (Å²) in [5.41, 5.74) is 24.2. The Balaban J connectivity index is 1.29. The van der Waals surface area contributed by atoms with Crippen LogP contribution in [-0.4, -0.2) is 19.9 Å².